The molecule has 0 aromatic carbocycles. The van der Waals surface area contributed by atoms with E-state index in [4.69, 9.17) is 0 Å². The van der Waals surface area contributed by atoms with Crippen molar-refractivity contribution in [1.82, 2.24) is 4.90 Å². The molecule has 0 bridgehead atoms. The maximum absolute atomic E-state index is 4.08. The van der Waals surface area contributed by atoms with E-state index < -0.39 is 0 Å². The Balaban J connectivity index is 2.30. The summed E-state index contributed by atoms with van der Waals surface area (Å²) in [5, 5.41) is 1.37. The molecule has 2 aliphatic rings. The fourth-order valence-electron chi connectivity index (χ4n) is 1.50. The van der Waals surface area contributed by atoms with Crippen molar-refractivity contribution in [3.05, 3.63) is 35.0 Å². The third kappa shape index (κ3) is 1.20. The molecule has 2 rings (SSSR count). The Morgan fingerprint density at radius 1 is 1.50 bits per heavy atom. The minimum absolute atomic E-state index is 1.14. The highest BCUT2D eigenvalue weighted by Gasteiger charge is 2.20. The number of rotatable bonds is 0. The van der Waals surface area contributed by atoms with Gasteiger partial charge in [-0.3, -0.25) is 0 Å². The Bertz CT molecular complexity index is 276. The van der Waals surface area contributed by atoms with E-state index in [0.717, 1.165) is 6.54 Å². The largest absolute Gasteiger partial charge is 0.337 e. The quantitative estimate of drug-likeness (QED) is 0.562. The highest BCUT2D eigenvalue weighted by Crippen LogP contribution is 2.34. The summed E-state index contributed by atoms with van der Waals surface area (Å²) in [6.45, 7) is 7.34. The second-order valence-electron chi connectivity index (χ2n) is 3.15. The van der Waals surface area contributed by atoms with Crippen molar-refractivity contribution in [2.45, 2.75) is 13.3 Å². The Kier molecular flexibility index (Phi) is 2.01. The molecule has 0 aliphatic carbocycles. The van der Waals surface area contributed by atoms with Gasteiger partial charge in [0, 0.05) is 18.0 Å². The van der Waals surface area contributed by atoms with Crippen molar-refractivity contribution in [1.29, 1.82) is 0 Å². The van der Waals surface area contributed by atoms with Gasteiger partial charge in [-0.2, -0.15) is 0 Å². The first-order valence-electron chi connectivity index (χ1n) is 4.27. The third-order valence-electron chi connectivity index (χ3n) is 2.30. The molecule has 0 aromatic rings. The van der Waals surface area contributed by atoms with Crippen LogP contribution >= 0.6 is 11.8 Å². The molecule has 0 amide bonds. The maximum Gasteiger partial charge on any atom is 0.0752 e. The van der Waals surface area contributed by atoms with Gasteiger partial charge in [0.15, 0.2) is 0 Å². The van der Waals surface area contributed by atoms with E-state index in [1.165, 1.54) is 28.5 Å². The summed E-state index contributed by atoms with van der Waals surface area (Å²) in [5.74, 6) is 1.25. The summed E-state index contributed by atoms with van der Waals surface area (Å²) in [4.78, 5) is 2.32. The average Bonchev–Trinajstić information content (AvgIpc) is 2.12. The van der Waals surface area contributed by atoms with E-state index in [1.54, 1.807) is 0 Å². The Hall–Kier alpha value is -0.630. The zero-order valence-electron chi connectivity index (χ0n) is 7.34. The van der Waals surface area contributed by atoms with E-state index in [9.17, 15) is 0 Å². The van der Waals surface area contributed by atoms with Gasteiger partial charge in [0.1, 0.15) is 0 Å². The number of hydrogen-bond acceptors (Lipinski definition) is 2. The predicted molar refractivity (Wildman–Crippen MR) is 54.8 cm³/mol. The zero-order valence-corrected chi connectivity index (χ0v) is 8.16. The Morgan fingerprint density at radius 2 is 2.33 bits per heavy atom. The van der Waals surface area contributed by atoms with Crippen LogP contribution < -0.4 is 0 Å². The lowest BCUT2D eigenvalue weighted by atomic mass is 10.1. The van der Waals surface area contributed by atoms with Crippen LogP contribution in [0.4, 0.5) is 0 Å². The fraction of sp³-hybridized carbons (Fsp3) is 0.400. The molecule has 2 aliphatic heterocycles. The lowest BCUT2D eigenvalue weighted by molar-refractivity contribution is 0.449. The van der Waals surface area contributed by atoms with Crippen molar-refractivity contribution in [3.8, 4) is 0 Å². The number of allylic oxidation sites excluding steroid dienone is 3. The van der Waals surface area contributed by atoms with Gasteiger partial charge in [-0.25, -0.2) is 0 Å². The normalized spacial score (nSPS) is 23.1. The summed E-state index contributed by atoms with van der Waals surface area (Å²) in [6, 6.07) is 0. The molecule has 0 spiro atoms. The molecule has 12 heavy (non-hydrogen) atoms. The van der Waals surface area contributed by atoms with Crippen LogP contribution in [0.1, 0.15) is 13.3 Å². The number of thioether (sulfide) groups is 1. The van der Waals surface area contributed by atoms with E-state index in [0.29, 0.717) is 0 Å². The first-order valence-corrected chi connectivity index (χ1v) is 5.26. The third-order valence-corrected chi connectivity index (χ3v) is 3.44. The van der Waals surface area contributed by atoms with Gasteiger partial charge in [0.2, 0.25) is 0 Å². The van der Waals surface area contributed by atoms with Crippen molar-refractivity contribution >= 4 is 11.8 Å². The van der Waals surface area contributed by atoms with Crippen LogP contribution in [0.15, 0.2) is 35.0 Å². The molecule has 0 unspecified atom stereocenters. The molecule has 64 valence electrons. The van der Waals surface area contributed by atoms with Crippen molar-refractivity contribution in [2.24, 2.45) is 0 Å². The highest BCUT2D eigenvalue weighted by molar-refractivity contribution is 8.03. The summed E-state index contributed by atoms with van der Waals surface area (Å²) in [5.41, 5.74) is 2.47. The molecule has 0 N–H and O–H groups in total. The minimum atomic E-state index is 1.14. The SMILES string of the molecule is C=C1C(C)=CC=C2SCCCN12. The molecular weight excluding hydrogens is 166 g/mol. The van der Waals surface area contributed by atoms with Crippen molar-refractivity contribution in [3.63, 3.8) is 0 Å². The van der Waals surface area contributed by atoms with Gasteiger partial charge < -0.3 is 4.90 Å². The molecule has 2 heteroatoms. The molecule has 1 saturated heterocycles. The lowest BCUT2D eigenvalue weighted by Gasteiger charge is -2.34. The molecule has 1 nitrogen and oxygen atoms in total. The van der Waals surface area contributed by atoms with Gasteiger partial charge in [0.05, 0.1) is 5.03 Å². The first kappa shape index (κ1) is 7.99. The molecule has 0 aromatic heterocycles. The summed E-state index contributed by atoms with van der Waals surface area (Å²) >= 11 is 1.93. The van der Waals surface area contributed by atoms with Gasteiger partial charge in [-0.05, 0) is 25.0 Å². The molecule has 2 heterocycles. The highest BCUT2D eigenvalue weighted by atomic mass is 32.2. The van der Waals surface area contributed by atoms with Crippen LogP contribution in [0, 0.1) is 0 Å². The summed E-state index contributed by atoms with van der Waals surface area (Å²) in [6.07, 6.45) is 5.63. The van der Waals surface area contributed by atoms with Gasteiger partial charge in [-0.1, -0.05) is 12.7 Å². The van der Waals surface area contributed by atoms with Crippen molar-refractivity contribution < 1.29 is 0 Å². The van der Waals surface area contributed by atoms with Crippen LogP contribution in [0.2, 0.25) is 0 Å². The zero-order chi connectivity index (χ0) is 8.55. The van der Waals surface area contributed by atoms with Crippen molar-refractivity contribution in [2.75, 3.05) is 12.3 Å². The van der Waals surface area contributed by atoms with E-state index in [-0.39, 0.29) is 0 Å². The fourth-order valence-corrected chi connectivity index (χ4v) is 2.50. The van der Waals surface area contributed by atoms with Crippen LogP contribution in [0.5, 0.6) is 0 Å². The van der Waals surface area contributed by atoms with Crippen LogP contribution in [0.3, 0.4) is 0 Å². The van der Waals surface area contributed by atoms with Gasteiger partial charge >= 0.3 is 0 Å². The molecule has 0 saturated carbocycles. The monoisotopic (exact) mass is 179 g/mol. The standard InChI is InChI=1S/C10H13NS/c1-8-4-5-10-11(9(8)2)6-3-7-12-10/h4-5H,2-3,6-7H2,1H3. The molecule has 0 radical (unpaired) electrons. The number of nitrogens with zero attached hydrogens (tertiary/aromatic N) is 1. The van der Waals surface area contributed by atoms with Crippen LogP contribution in [-0.2, 0) is 0 Å². The van der Waals surface area contributed by atoms with E-state index in [2.05, 4.69) is 30.6 Å². The van der Waals surface area contributed by atoms with E-state index >= 15 is 0 Å². The lowest BCUT2D eigenvalue weighted by Crippen LogP contribution is -2.28. The topological polar surface area (TPSA) is 3.24 Å². The summed E-state index contributed by atoms with van der Waals surface area (Å²) < 4.78 is 0. The van der Waals surface area contributed by atoms with Gasteiger partial charge in [-0.15, -0.1) is 11.8 Å². The second-order valence-corrected chi connectivity index (χ2v) is 4.27. The Labute approximate surface area is 77.8 Å². The minimum Gasteiger partial charge on any atom is -0.337 e. The smallest absolute Gasteiger partial charge is 0.0752 e. The maximum atomic E-state index is 4.08. The average molecular weight is 179 g/mol. The second kappa shape index (κ2) is 3.02. The van der Waals surface area contributed by atoms with Gasteiger partial charge in [0.25, 0.3) is 0 Å². The van der Waals surface area contributed by atoms with Crippen LogP contribution in [-0.4, -0.2) is 17.2 Å². The first-order chi connectivity index (χ1) is 5.79. The molecule has 1 fully saturated rings. The summed E-state index contributed by atoms with van der Waals surface area (Å²) in [7, 11) is 0. The van der Waals surface area contributed by atoms with E-state index in [1.807, 2.05) is 11.8 Å². The predicted octanol–water partition coefficient (Wildman–Crippen LogP) is 2.74. The molecule has 0 atom stereocenters. The Morgan fingerprint density at radius 3 is 3.17 bits per heavy atom. The molecular formula is C10H13NS. The van der Waals surface area contributed by atoms with Crippen LogP contribution in [0.25, 0.3) is 0 Å². The number of fused-ring (bicyclic) bond motifs is 1. The number of hydrogen-bond donors (Lipinski definition) is 0.